The molecule has 2 saturated carbocycles. The maximum absolute atomic E-state index is 13.9. The van der Waals surface area contributed by atoms with Crippen molar-refractivity contribution in [1.29, 1.82) is 0 Å². The first-order valence-corrected chi connectivity index (χ1v) is 8.81. The summed E-state index contributed by atoms with van der Waals surface area (Å²) >= 11 is 0. The molecule has 25 heavy (non-hydrogen) atoms. The van der Waals surface area contributed by atoms with E-state index in [4.69, 9.17) is 4.74 Å². The van der Waals surface area contributed by atoms with Gasteiger partial charge in [0.25, 0.3) is 0 Å². The lowest BCUT2D eigenvalue weighted by atomic mass is 10.0. The van der Waals surface area contributed by atoms with Crippen LogP contribution in [0.25, 0.3) is 0 Å². The van der Waals surface area contributed by atoms with Crippen LogP contribution in [0.4, 0.5) is 13.2 Å². The Labute approximate surface area is 145 Å². The Hall–Kier alpha value is -1.98. The summed E-state index contributed by atoms with van der Waals surface area (Å²) in [6.45, 7) is 0.697. The molecular formula is C19H21F3N2O. The average molecular weight is 350 g/mol. The van der Waals surface area contributed by atoms with Gasteiger partial charge in [-0.05, 0) is 43.6 Å². The summed E-state index contributed by atoms with van der Waals surface area (Å²) in [6.07, 6.45) is 6.40. The zero-order chi connectivity index (χ0) is 17.4. The third kappa shape index (κ3) is 3.67. The fraction of sp³-hybridized carbons (Fsp3) is 0.526. The molecule has 0 bridgehead atoms. The highest BCUT2D eigenvalue weighted by Gasteiger charge is 2.47. The van der Waals surface area contributed by atoms with Crippen molar-refractivity contribution in [2.75, 3.05) is 13.2 Å². The minimum atomic E-state index is -4.41. The molecule has 1 aromatic rings. The van der Waals surface area contributed by atoms with Gasteiger partial charge >= 0.3 is 6.18 Å². The van der Waals surface area contributed by atoms with E-state index in [1.807, 2.05) is 12.2 Å². The second kappa shape index (κ2) is 6.39. The van der Waals surface area contributed by atoms with Crippen LogP contribution in [-0.2, 0) is 4.74 Å². The van der Waals surface area contributed by atoms with Crippen molar-refractivity contribution in [2.45, 2.75) is 37.9 Å². The Morgan fingerprint density at radius 3 is 2.64 bits per heavy atom. The van der Waals surface area contributed by atoms with Crippen molar-refractivity contribution in [3.63, 3.8) is 0 Å². The lowest BCUT2D eigenvalue weighted by Gasteiger charge is -2.38. The first-order valence-electron chi connectivity index (χ1n) is 8.81. The quantitative estimate of drug-likeness (QED) is 0.749. The van der Waals surface area contributed by atoms with Gasteiger partial charge in [0.05, 0.1) is 6.61 Å². The average Bonchev–Trinajstić information content (AvgIpc) is 3.47. The van der Waals surface area contributed by atoms with Crippen LogP contribution in [0.5, 0.6) is 0 Å². The SMILES string of the molecule is FC(F)(F)[C@@H](c1cccnc1)N1CC=CC(C2CC2)=C1OCC1CC1. The normalized spacial score (nSPS) is 22.3. The van der Waals surface area contributed by atoms with Gasteiger partial charge in [-0.2, -0.15) is 13.2 Å². The summed E-state index contributed by atoms with van der Waals surface area (Å²) in [7, 11) is 0. The Morgan fingerprint density at radius 2 is 2.04 bits per heavy atom. The Balaban J connectivity index is 1.70. The minimum absolute atomic E-state index is 0.146. The highest BCUT2D eigenvalue weighted by atomic mass is 19.4. The second-order valence-corrected chi connectivity index (χ2v) is 7.07. The molecule has 1 atom stereocenters. The Bertz CT molecular complexity index is 676. The van der Waals surface area contributed by atoms with Gasteiger partial charge in [0.2, 0.25) is 0 Å². The van der Waals surface area contributed by atoms with Gasteiger partial charge in [0.15, 0.2) is 11.9 Å². The van der Waals surface area contributed by atoms with E-state index in [1.54, 1.807) is 6.07 Å². The molecule has 2 heterocycles. The standard InChI is InChI=1S/C19H21F3N2O/c20-19(21,22)17(15-3-1-9-23-11-15)24-10-2-4-16(14-7-8-14)18(24)25-12-13-5-6-13/h1-4,9,11,13-14,17H,5-8,10,12H2/t17-/m1/s1. The fourth-order valence-corrected chi connectivity index (χ4v) is 3.27. The summed E-state index contributed by atoms with van der Waals surface area (Å²) in [4.78, 5) is 5.26. The molecule has 134 valence electrons. The molecule has 3 nitrogen and oxygen atoms in total. The summed E-state index contributed by atoms with van der Waals surface area (Å²) in [5.74, 6) is 1.24. The van der Waals surface area contributed by atoms with E-state index < -0.39 is 12.2 Å². The van der Waals surface area contributed by atoms with E-state index in [2.05, 4.69) is 4.98 Å². The summed E-state index contributed by atoms with van der Waals surface area (Å²) in [6, 6.07) is 1.29. The molecule has 0 amide bonds. The van der Waals surface area contributed by atoms with Crippen LogP contribution in [0.3, 0.4) is 0 Å². The number of pyridine rings is 1. The van der Waals surface area contributed by atoms with Crippen molar-refractivity contribution in [1.82, 2.24) is 9.88 Å². The molecule has 2 fully saturated rings. The largest absolute Gasteiger partial charge is 0.479 e. The maximum Gasteiger partial charge on any atom is 0.413 e. The van der Waals surface area contributed by atoms with Crippen molar-refractivity contribution in [2.24, 2.45) is 11.8 Å². The minimum Gasteiger partial charge on any atom is -0.479 e. The number of halogens is 3. The summed E-state index contributed by atoms with van der Waals surface area (Å²) < 4.78 is 47.8. The number of hydrogen-bond acceptors (Lipinski definition) is 3. The highest BCUT2D eigenvalue weighted by molar-refractivity contribution is 5.33. The number of ether oxygens (including phenoxy) is 1. The molecular weight excluding hydrogens is 329 g/mol. The van der Waals surface area contributed by atoms with E-state index in [0.29, 0.717) is 24.3 Å². The third-order valence-electron chi connectivity index (χ3n) is 4.90. The van der Waals surface area contributed by atoms with Crippen molar-refractivity contribution < 1.29 is 17.9 Å². The Morgan fingerprint density at radius 1 is 1.24 bits per heavy atom. The van der Waals surface area contributed by atoms with Crippen LogP contribution in [-0.4, -0.2) is 29.2 Å². The van der Waals surface area contributed by atoms with E-state index in [0.717, 1.165) is 31.3 Å². The first kappa shape index (κ1) is 16.5. The van der Waals surface area contributed by atoms with Gasteiger partial charge in [-0.15, -0.1) is 0 Å². The number of rotatable bonds is 6. The number of nitrogens with zero attached hydrogens (tertiary/aromatic N) is 2. The lowest BCUT2D eigenvalue weighted by Crippen LogP contribution is -2.40. The van der Waals surface area contributed by atoms with E-state index >= 15 is 0 Å². The van der Waals surface area contributed by atoms with E-state index in [-0.39, 0.29) is 12.1 Å². The first-order chi connectivity index (χ1) is 12.0. The van der Waals surface area contributed by atoms with Crippen LogP contribution in [0.15, 0.2) is 48.1 Å². The zero-order valence-electron chi connectivity index (χ0n) is 13.9. The third-order valence-corrected chi connectivity index (χ3v) is 4.90. The molecule has 0 radical (unpaired) electrons. The predicted octanol–water partition coefficient (Wildman–Crippen LogP) is 4.61. The van der Waals surface area contributed by atoms with Crippen molar-refractivity contribution in [3.8, 4) is 0 Å². The highest BCUT2D eigenvalue weighted by Crippen LogP contribution is 2.46. The number of aromatic nitrogens is 1. The maximum atomic E-state index is 13.9. The van der Waals surface area contributed by atoms with Crippen molar-refractivity contribution in [3.05, 3.63) is 53.7 Å². The molecule has 2 aliphatic carbocycles. The molecule has 6 heteroatoms. The molecule has 0 spiro atoms. The van der Waals surface area contributed by atoms with Crippen LogP contribution >= 0.6 is 0 Å². The van der Waals surface area contributed by atoms with Crippen LogP contribution in [0.1, 0.15) is 37.3 Å². The molecule has 0 unspecified atom stereocenters. The molecule has 0 N–H and O–H groups in total. The molecule has 1 aromatic heterocycles. The van der Waals surface area contributed by atoms with Crippen molar-refractivity contribution >= 4 is 0 Å². The molecule has 3 aliphatic rings. The van der Waals surface area contributed by atoms with Crippen LogP contribution in [0, 0.1) is 11.8 Å². The second-order valence-electron chi connectivity index (χ2n) is 7.07. The molecule has 0 saturated heterocycles. The van der Waals surface area contributed by atoms with Gasteiger partial charge < -0.3 is 9.64 Å². The van der Waals surface area contributed by atoms with Gasteiger partial charge in [-0.1, -0.05) is 18.2 Å². The summed E-state index contributed by atoms with van der Waals surface area (Å²) in [5.41, 5.74) is 1.07. The van der Waals surface area contributed by atoms with Gasteiger partial charge in [-0.3, -0.25) is 4.98 Å². The van der Waals surface area contributed by atoms with E-state index in [9.17, 15) is 13.2 Å². The molecule has 1 aliphatic heterocycles. The topological polar surface area (TPSA) is 25.4 Å². The van der Waals surface area contributed by atoms with Gasteiger partial charge in [-0.25, -0.2) is 0 Å². The molecule has 0 aromatic carbocycles. The predicted molar refractivity (Wildman–Crippen MR) is 87.3 cm³/mol. The van der Waals surface area contributed by atoms with Crippen LogP contribution in [0.2, 0.25) is 0 Å². The number of alkyl halides is 3. The number of allylic oxidation sites excluding steroid dienone is 2. The monoisotopic (exact) mass is 350 g/mol. The van der Waals surface area contributed by atoms with Gasteiger partial charge in [0, 0.05) is 30.1 Å². The smallest absolute Gasteiger partial charge is 0.413 e. The van der Waals surface area contributed by atoms with Gasteiger partial charge in [0.1, 0.15) is 0 Å². The summed E-state index contributed by atoms with van der Waals surface area (Å²) in [5, 5.41) is 0. The zero-order valence-corrected chi connectivity index (χ0v) is 13.9. The van der Waals surface area contributed by atoms with Crippen LogP contribution < -0.4 is 0 Å². The number of hydrogen-bond donors (Lipinski definition) is 0. The molecule has 4 rings (SSSR count). The Kier molecular flexibility index (Phi) is 4.21. The van der Waals surface area contributed by atoms with E-state index in [1.165, 1.54) is 23.4 Å². The lowest BCUT2D eigenvalue weighted by molar-refractivity contribution is -0.187. The fourth-order valence-electron chi connectivity index (χ4n) is 3.27.